The molecule has 16 heavy (non-hydrogen) atoms. The fourth-order valence-electron chi connectivity index (χ4n) is 1.94. The van der Waals surface area contributed by atoms with Crippen molar-refractivity contribution in [2.24, 2.45) is 5.73 Å². The van der Waals surface area contributed by atoms with Gasteiger partial charge in [0.1, 0.15) is 5.69 Å². The van der Waals surface area contributed by atoms with Crippen molar-refractivity contribution in [2.75, 3.05) is 0 Å². The van der Waals surface area contributed by atoms with E-state index in [1.54, 1.807) is 6.07 Å². The number of nitrogens with two attached hydrogens (primary N) is 1. The first-order chi connectivity index (χ1) is 7.56. The number of hydrogen-bond acceptors (Lipinski definition) is 3. The molecule has 0 saturated heterocycles. The molecule has 1 aliphatic rings. The Bertz CT molecular complexity index is 420. The summed E-state index contributed by atoms with van der Waals surface area (Å²) in [6, 6.07) is 1.91. The number of primary amides is 1. The molecule has 0 spiro atoms. The SMILES string of the molecule is CC(=O)N[C@H]1C[C@@H](c2cc(C(N)=O)[nH]n2)C1. The molecule has 6 nitrogen and oxygen atoms in total. The summed E-state index contributed by atoms with van der Waals surface area (Å²) in [5.41, 5.74) is 6.29. The van der Waals surface area contributed by atoms with Crippen molar-refractivity contribution >= 4 is 11.8 Å². The van der Waals surface area contributed by atoms with Gasteiger partial charge in [-0.15, -0.1) is 0 Å². The normalized spacial score (nSPS) is 23.6. The van der Waals surface area contributed by atoms with E-state index in [1.165, 1.54) is 6.92 Å². The van der Waals surface area contributed by atoms with Gasteiger partial charge < -0.3 is 11.1 Å². The number of carbonyl (C=O) groups is 2. The molecular weight excluding hydrogens is 208 g/mol. The van der Waals surface area contributed by atoms with E-state index in [-0.39, 0.29) is 11.9 Å². The van der Waals surface area contributed by atoms with Crippen LogP contribution in [0.25, 0.3) is 0 Å². The molecular formula is C10H14N4O2. The fraction of sp³-hybridized carbons (Fsp3) is 0.500. The van der Waals surface area contributed by atoms with Gasteiger partial charge in [0.2, 0.25) is 5.91 Å². The first-order valence-corrected chi connectivity index (χ1v) is 5.18. The molecule has 0 atom stereocenters. The first kappa shape index (κ1) is 10.7. The van der Waals surface area contributed by atoms with E-state index < -0.39 is 5.91 Å². The zero-order chi connectivity index (χ0) is 11.7. The van der Waals surface area contributed by atoms with E-state index in [9.17, 15) is 9.59 Å². The second-order valence-corrected chi connectivity index (χ2v) is 4.14. The van der Waals surface area contributed by atoms with E-state index in [1.807, 2.05) is 0 Å². The van der Waals surface area contributed by atoms with Crippen LogP contribution in [0.4, 0.5) is 0 Å². The minimum Gasteiger partial charge on any atom is -0.364 e. The van der Waals surface area contributed by atoms with Crippen molar-refractivity contribution in [3.63, 3.8) is 0 Å². The summed E-state index contributed by atoms with van der Waals surface area (Å²) in [4.78, 5) is 21.6. The summed E-state index contributed by atoms with van der Waals surface area (Å²) < 4.78 is 0. The maximum Gasteiger partial charge on any atom is 0.266 e. The lowest BCUT2D eigenvalue weighted by Crippen LogP contribution is -2.42. The van der Waals surface area contributed by atoms with Crippen LogP contribution in [0, 0.1) is 0 Å². The topological polar surface area (TPSA) is 101 Å². The van der Waals surface area contributed by atoms with Crippen LogP contribution in [-0.4, -0.2) is 28.1 Å². The third kappa shape index (κ3) is 2.05. The number of nitrogens with zero attached hydrogens (tertiary/aromatic N) is 1. The average molecular weight is 222 g/mol. The molecule has 6 heteroatoms. The number of aromatic nitrogens is 2. The summed E-state index contributed by atoms with van der Waals surface area (Å²) in [7, 11) is 0. The Kier molecular flexibility index (Phi) is 2.64. The third-order valence-electron chi connectivity index (χ3n) is 2.83. The summed E-state index contributed by atoms with van der Waals surface area (Å²) in [5.74, 6) is -0.207. The van der Waals surface area contributed by atoms with Crippen molar-refractivity contribution < 1.29 is 9.59 Å². The van der Waals surface area contributed by atoms with Crippen molar-refractivity contribution in [3.05, 3.63) is 17.5 Å². The first-order valence-electron chi connectivity index (χ1n) is 5.18. The van der Waals surface area contributed by atoms with Crippen LogP contribution < -0.4 is 11.1 Å². The summed E-state index contributed by atoms with van der Waals surface area (Å²) in [6.07, 6.45) is 1.73. The number of amides is 2. The molecule has 0 unspecified atom stereocenters. The lowest BCUT2D eigenvalue weighted by molar-refractivity contribution is -0.120. The van der Waals surface area contributed by atoms with Gasteiger partial charge in [0.05, 0.1) is 5.69 Å². The lowest BCUT2D eigenvalue weighted by atomic mass is 9.78. The minimum atomic E-state index is -0.503. The van der Waals surface area contributed by atoms with Gasteiger partial charge in [-0.2, -0.15) is 5.10 Å². The number of aromatic amines is 1. The van der Waals surface area contributed by atoms with Crippen LogP contribution in [0.3, 0.4) is 0 Å². The molecule has 1 aliphatic carbocycles. The molecule has 1 saturated carbocycles. The Morgan fingerprint density at radius 1 is 1.56 bits per heavy atom. The molecule has 0 aromatic carbocycles. The number of hydrogen-bond donors (Lipinski definition) is 3. The third-order valence-corrected chi connectivity index (χ3v) is 2.83. The summed E-state index contributed by atoms with van der Waals surface area (Å²) >= 11 is 0. The quantitative estimate of drug-likeness (QED) is 0.665. The highest BCUT2D eigenvalue weighted by Crippen LogP contribution is 2.35. The molecule has 2 amide bonds. The lowest BCUT2D eigenvalue weighted by Gasteiger charge is -2.34. The van der Waals surface area contributed by atoms with Gasteiger partial charge in [0.15, 0.2) is 0 Å². The van der Waals surface area contributed by atoms with Crippen molar-refractivity contribution in [1.82, 2.24) is 15.5 Å². The van der Waals surface area contributed by atoms with Crippen LogP contribution >= 0.6 is 0 Å². The van der Waals surface area contributed by atoms with Gasteiger partial charge in [0, 0.05) is 18.9 Å². The largest absolute Gasteiger partial charge is 0.364 e. The fourth-order valence-corrected chi connectivity index (χ4v) is 1.94. The molecule has 4 N–H and O–H groups in total. The number of carbonyl (C=O) groups excluding carboxylic acids is 2. The van der Waals surface area contributed by atoms with Crippen LogP contribution in [-0.2, 0) is 4.79 Å². The number of nitrogens with one attached hydrogen (secondary N) is 2. The van der Waals surface area contributed by atoms with E-state index in [0.717, 1.165) is 18.5 Å². The van der Waals surface area contributed by atoms with Gasteiger partial charge in [-0.25, -0.2) is 0 Å². The van der Waals surface area contributed by atoms with Crippen molar-refractivity contribution in [1.29, 1.82) is 0 Å². The van der Waals surface area contributed by atoms with E-state index in [2.05, 4.69) is 15.5 Å². The number of rotatable bonds is 3. The smallest absolute Gasteiger partial charge is 0.266 e. The van der Waals surface area contributed by atoms with E-state index in [0.29, 0.717) is 11.6 Å². The maximum atomic E-state index is 10.8. The molecule has 86 valence electrons. The number of H-pyrrole nitrogens is 1. The van der Waals surface area contributed by atoms with Crippen LogP contribution in [0.1, 0.15) is 41.9 Å². The van der Waals surface area contributed by atoms with Crippen LogP contribution in [0.15, 0.2) is 6.07 Å². The Labute approximate surface area is 92.6 Å². The molecule has 1 fully saturated rings. The second-order valence-electron chi connectivity index (χ2n) is 4.14. The molecule has 0 radical (unpaired) electrons. The standard InChI is InChI=1S/C10H14N4O2/c1-5(15)12-7-2-6(3-7)8-4-9(10(11)16)14-13-8/h4,6-7H,2-3H2,1H3,(H2,11,16)(H,12,15)(H,13,14)/t6-,7+. The van der Waals surface area contributed by atoms with Gasteiger partial charge >= 0.3 is 0 Å². The highest BCUT2D eigenvalue weighted by molar-refractivity contribution is 5.90. The molecule has 0 bridgehead atoms. The van der Waals surface area contributed by atoms with Crippen LogP contribution in [0.2, 0.25) is 0 Å². The van der Waals surface area contributed by atoms with Gasteiger partial charge in [-0.05, 0) is 18.9 Å². The average Bonchev–Trinajstić information content (AvgIpc) is 2.58. The zero-order valence-corrected chi connectivity index (χ0v) is 8.99. The van der Waals surface area contributed by atoms with Gasteiger partial charge in [0.25, 0.3) is 5.91 Å². The summed E-state index contributed by atoms with van der Waals surface area (Å²) in [6.45, 7) is 1.51. The molecule has 1 aromatic heterocycles. The predicted molar refractivity (Wildman–Crippen MR) is 56.7 cm³/mol. The van der Waals surface area contributed by atoms with Gasteiger partial charge in [-0.1, -0.05) is 0 Å². The Morgan fingerprint density at radius 2 is 2.25 bits per heavy atom. The van der Waals surface area contributed by atoms with E-state index >= 15 is 0 Å². The highest BCUT2D eigenvalue weighted by atomic mass is 16.1. The second kappa shape index (κ2) is 3.96. The molecule has 0 aliphatic heterocycles. The van der Waals surface area contributed by atoms with Crippen LogP contribution in [0.5, 0.6) is 0 Å². The molecule has 1 aromatic rings. The Morgan fingerprint density at radius 3 is 2.75 bits per heavy atom. The summed E-state index contributed by atoms with van der Waals surface area (Å²) in [5, 5.41) is 9.47. The monoisotopic (exact) mass is 222 g/mol. The zero-order valence-electron chi connectivity index (χ0n) is 8.99. The Balaban J connectivity index is 1.91. The van der Waals surface area contributed by atoms with Crippen molar-refractivity contribution in [3.8, 4) is 0 Å². The Hall–Kier alpha value is -1.85. The van der Waals surface area contributed by atoms with Gasteiger partial charge in [-0.3, -0.25) is 14.7 Å². The molecule has 2 rings (SSSR count). The maximum absolute atomic E-state index is 10.8. The minimum absolute atomic E-state index is 0.0108. The van der Waals surface area contributed by atoms with E-state index in [4.69, 9.17) is 5.73 Å². The molecule has 1 heterocycles. The highest BCUT2D eigenvalue weighted by Gasteiger charge is 2.32. The van der Waals surface area contributed by atoms with Crippen molar-refractivity contribution in [2.45, 2.75) is 31.7 Å². The predicted octanol–water partition coefficient (Wildman–Crippen LogP) is -0.109.